The number of benzene rings is 1. The first-order valence-corrected chi connectivity index (χ1v) is 6.88. The Morgan fingerprint density at radius 3 is 2.94 bits per heavy atom. The predicted octanol–water partition coefficient (Wildman–Crippen LogP) is 4.08. The van der Waals surface area contributed by atoms with Crippen molar-refractivity contribution in [1.82, 2.24) is 9.55 Å². The molecule has 1 aromatic heterocycles. The van der Waals surface area contributed by atoms with Crippen LogP contribution in [-0.2, 0) is 6.54 Å². The molecule has 3 nitrogen and oxygen atoms in total. The highest BCUT2D eigenvalue weighted by atomic mass is 79.9. The Morgan fingerprint density at radius 2 is 2.28 bits per heavy atom. The molecule has 5 heteroatoms. The van der Waals surface area contributed by atoms with E-state index in [9.17, 15) is 0 Å². The largest absolute Gasteiger partial charge is 0.492 e. The van der Waals surface area contributed by atoms with Crippen molar-refractivity contribution in [3.63, 3.8) is 0 Å². The highest BCUT2D eigenvalue weighted by molar-refractivity contribution is 9.10. The summed E-state index contributed by atoms with van der Waals surface area (Å²) in [4.78, 5) is 4.00. The summed E-state index contributed by atoms with van der Waals surface area (Å²) in [7, 11) is 0. The maximum atomic E-state index is 5.96. The summed E-state index contributed by atoms with van der Waals surface area (Å²) < 4.78 is 8.71. The van der Waals surface area contributed by atoms with E-state index in [1.54, 1.807) is 6.20 Å². The molecule has 0 fully saturated rings. The number of ether oxygens (including phenoxy) is 1. The molecule has 0 aliphatic carbocycles. The average molecular weight is 330 g/mol. The van der Waals surface area contributed by atoms with E-state index < -0.39 is 0 Å². The van der Waals surface area contributed by atoms with E-state index in [-0.39, 0.29) is 0 Å². The second kappa shape index (κ2) is 6.25. The van der Waals surface area contributed by atoms with Gasteiger partial charge in [-0.2, -0.15) is 0 Å². The van der Waals surface area contributed by atoms with E-state index in [1.165, 1.54) is 0 Å². The summed E-state index contributed by atoms with van der Waals surface area (Å²) in [5.74, 6) is 0.866. The minimum absolute atomic E-state index is 0.666. The predicted molar refractivity (Wildman–Crippen MR) is 76.2 cm³/mol. The minimum Gasteiger partial charge on any atom is -0.492 e. The zero-order valence-electron chi connectivity index (χ0n) is 10.1. The van der Waals surface area contributed by atoms with Crippen LogP contribution in [0.5, 0.6) is 5.75 Å². The molecule has 0 bridgehead atoms. The lowest BCUT2D eigenvalue weighted by atomic mass is 10.2. The van der Waals surface area contributed by atoms with Gasteiger partial charge in [0, 0.05) is 24.0 Å². The van der Waals surface area contributed by atoms with Gasteiger partial charge < -0.3 is 9.30 Å². The van der Waals surface area contributed by atoms with Gasteiger partial charge in [-0.15, -0.1) is 0 Å². The average Bonchev–Trinajstić information content (AvgIpc) is 2.79. The first kappa shape index (κ1) is 13.4. The monoisotopic (exact) mass is 328 g/mol. The van der Waals surface area contributed by atoms with Crippen molar-refractivity contribution in [3.8, 4) is 5.75 Å². The molecule has 18 heavy (non-hydrogen) atoms. The Hall–Kier alpha value is -1.00. The third kappa shape index (κ3) is 3.50. The first-order valence-electron chi connectivity index (χ1n) is 5.71. The van der Waals surface area contributed by atoms with Crippen molar-refractivity contribution in [2.45, 2.75) is 19.9 Å². The molecule has 0 saturated heterocycles. The molecule has 0 saturated carbocycles. The number of nitrogens with zero attached hydrogens (tertiary/aromatic N) is 2. The molecule has 2 aromatic rings. The van der Waals surface area contributed by atoms with Gasteiger partial charge in [-0.3, -0.25) is 0 Å². The molecular weight excluding hydrogens is 316 g/mol. The van der Waals surface area contributed by atoms with E-state index in [0.29, 0.717) is 11.6 Å². The second-order valence-corrected chi connectivity index (χ2v) is 5.33. The van der Waals surface area contributed by atoms with Gasteiger partial charge in [0.15, 0.2) is 0 Å². The molecule has 0 atom stereocenters. The van der Waals surface area contributed by atoms with Crippen molar-refractivity contribution < 1.29 is 4.74 Å². The number of hydrogen-bond acceptors (Lipinski definition) is 2. The molecule has 0 radical (unpaired) electrons. The van der Waals surface area contributed by atoms with Crippen molar-refractivity contribution in [1.29, 1.82) is 0 Å². The van der Waals surface area contributed by atoms with Gasteiger partial charge in [-0.25, -0.2) is 4.98 Å². The molecule has 1 heterocycles. The lowest BCUT2D eigenvalue weighted by Crippen LogP contribution is -2.04. The van der Waals surface area contributed by atoms with Crippen molar-refractivity contribution >= 4 is 27.5 Å². The summed E-state index contributed by atoms with van der Waals surface area (Å²) >= 11 is 9.42. The summed E-state index contributed by atoms with van der Waals surface area (Å²) in [5, 5.41) is 0.713. The first-order chi connectivity index (χ1) is 8.66. The van der Waals surface area contributed by atoms with Crippen LogP contribution in [0.1, 0.15) is 12.0 Å². The third-order valence-electron chi connectivity index (χ3n) is 2.56. The fraction of sp³-hybridized carbons (Fsp3) is 0.308. The topological polar surface area (TPSA) is 27.1 Å². The van der Waals surface area contributed by atoms with Gasteiger partial charge in [0.2, 0.25) is 0 Å². The van der Waals surface area contributed by atoms with E-state index in [4.69, 9.17) is 16.3 Å². The lowest BCUT2D eigenvalue weighted by Gasteiger charge is -2.11. The molecule has 0 unspecified atom stereocenters. The normalized spacial score (nSPS) is 10.6. The van der Waals surface area contributed by atoms with Crippen molar-refractivity contribution in [2.75, 3.05) is 6.61 Å². The van der Waals surface area contributed by atoms with Gasteiger partial charge in [-0.05, 0) is 47.0 Å². The Labute approximate surface area is 120 Å². The van der Waals surface area contributed by atoms with Crippen LogP contribution in [0, 0.1) is 6.92 Å². The molecule has 0 spiro atoms. The Balaban J connectivity index is 1.87. The third-order valence-corrected chi connectivity index (χ3v) is 3.37. The fourth-order valence-corrected chi connectivity index (χ4v) is 2.79. The molecule has 2 rings (SSSR count). The van der Waals surface area contributed by atoms with Gasteiger partial charge in [-0.1, -0.05) is 11.6 Å². The summed E-state index contributed by atoms with van der Waals surface area (Å²) in [5.41, 5.74) is 1.04. The van der Waals surface area contributed by atoms with E-state index in [2.05, 4.69) is 20.9 Å². The summed E-state index contributed by atoms with van der Waals surface area (Å²) in [6.45, 7) is 3.56. The minimum atomic E-state index is 0.666. The number of rotatable bonds is 5. The van der Waals surface area contributed by atoms with Crippen LogP contribution in [0.4, 0.5) is 0 Å². The zero-order valence-corrected chi connectivity index (χ0v) is 12.4. The fourth-order valence-electron chi connectivity index (χ4n) is 1.71. The number of imidazole rings is 1. The Kier molecular flexibility index (Phi) is 4.66. The highest BCUT2D eigenvalue weighted by Gasteiger charge is 2.06. The van der Waals surface area contributed by atoms with Gasteiger partial charge in [0.25, 0.3) is 0 Å². The van der Waals surface area contributed by atoms with Gasteiger partial charge in [0.05, 0.1) is 17.4 Å². The molecule has 0 aliphatic heterocycles. The standard InChI is InChI=1S/C13H14BrClN2O/c1-10-7-11(15)8-12(14)13(10)18-6-2-4-17-5-3-16-9-17/h3,5,7-9H,2,4,6H2,1H3. The van der Waals surface area contributed by atoms with E-state index in [1.807, 2.05) is 36.1 Å². The van der Waals surface area contributed by atoms with E-state index >= 15 is 0 Å². The maximum Gasteiger partial charge on any atom is 0.136 e. The molecule has 96 valence electrons. The second-order valence-electron chi connectivity index (χ2n) is 4.04. The SMILES string of the molecule is Cc1cc(Cl)cc(Br)c1OCCCn1ccnc1. The van der Waals surface area contributed by atoms with Gasteiger partial charge in [0.1, 0.15) is 5.75 Å². The Morgan fingerprint density at radius 1 is 1.44 bits per heavy atom. The van der Waals surface area contributed by atoms with E-state index in [0.717, 1.165) is 28.8 Å². The molecule has 1 aromatic carbocycles. The molecular formula is C13H14BrClN2O. The van der Waals surface area contributed by atoms with Crippen LogP contribution in [0.2, 0.25) is 5.02 Å². The number of hydrogen-bond donors (Lipinski definition) is 0. The molecule has 0 aliphatic rings. The maximum absolute atomic E-state index is 5.96. The van der Waals surface area contributed by atoms with Crippen molar-refractivity contribution in [3.05, 3.63) is 45.9 Å². The van der Waals surface area contributed by atoms with Crippen LogP contribution in [0.3, 0.4) is 0 Å². The van der Waals surface area contributed by atoms with Crippen LogP contribution in [0.15, 0.2) is 35.3 Å². The van der Waals surface area contributed by atoms with Crippen LogP contribution >= 0.6 is 27.5 Å². The van der Waals surface area contributed by atoms with Crippen molar-refractivity contribution in [2.24, 2.45) is 0 Å². The van der Waals surface area contributed by atoms with Gasteiger partial charge >= 0.3 is 0 Å². The zero-order chi connectivity index (χ0) is 13.0. The summed E-state index contributed by atoms with van der Waals surface area (Å²) in [6.07, 6.45) is 6.47. The Bertz CT molecular complexity index is 491. The molecule has 0 amide bonds. The van der Waals surface area contributed by atoms with Crippen LogP contribution in [0.25, 0.3) is 0 Å². The number of halogens is 2. The highest BCUT2D eigenvalue weighted by Crippen LogP contribution is 2.32. The van der Waals surface area contributed by atoms with Crippen LogP contribution in [-0.4, -0.2) is 16.2 Å². The lowest BCUT2D eigenvalue weighted by molar-refractivity contribution is 0.298. The van der Waals surface area contributed by atoms with Crippen LogP contribution < -0.4 is 4.74 Å². The molecule has 0 N–H and O–H groups in total. The number of aromatic nitrogens is 2. The smallest absolute Gasteiger partial charge is 0.136 e. The quantitative estimate of drug-likeness (QED) is 0.773. The number of aryl methyl sites for hydroxylation is 2. The summed E-state index contributed by atoms with van der Waals surface area (Å²) in [6, 6.07) is 3.75.